The van der Waals surface area contributed by atoms with Crippen LogP contribution in [0.5, 0.6) is 0 Å². The number of nitrogens with zero attached hydrogens (tertiary/aromatic N) is 4. The van der Waals surface area contributed by atoms with Gasteiger partial charge in [-0.2, -0.15) is 13.2 Å². The Labute approximate surface area is 222 Å². The molecule has 1 aliphatic heterocycles. The molecule has 202 valence electrons. The monoisotopic (exact) mass is 565 g/mol. The number of carbonyl (C=O) groups is 1. The number of sulfonamides is 1. The maximum atomic E-state index is 13.2. The molecule has 2 aromatic carbocycles. The summed E-state index contributed by atoms with van der Waals surface area (Å²) in [5, 5.41) is 2.60. The fourth-order valence-corrected chi connectivity index (χ4v) is 6.37. The first-order chi connectivity index (χ1) is 18.0. The summed E-state index contributed by atoms with van der Waals surface area (Å²) >= 11 is 1.19. The lowest BCUT2D eigenvalue weighted by Gasteiger charge is -2.41. The molecule has 5 rings (SSSR count). The van der Waals surface area contributed by atoms with Crippen LogP contribution in [0.3, 0.4) is 0 Å². The lowest BCUT2D eigenvalue weighted by atomic mass is 10.1. The standard InChI is InChI=1S/C25H24F3N5O3S2.H2/c1-17-15-31(20-4-6-21(7-5-20)38(35,36)30-24-29-9-13-37-24)11-12-33(17)23(34)16-32-10-8-18-2-3-19(14-22(18)32)25(26,27)28;/h2-10,13-14,17H,11-12,15-16H2,1H3,(H,29,30);1H. The number of thiazole rings is 1. The number of aromatic nitrogens is 2. The molecule has 0 aliphatic carbocycles. The highest BCUT2D eigenvalue weighted by Gasteiger charge is 2.31. The summed E-state index contributed by atoms with van der Waals surface area (Å²) in [6.45, 7) is 3.34. The Morgan fingerprint density at radius 3 is 2.58 bits per heavy atom. The smallest absolute Gasteiger partial charge is 0.368 e. The van der Waals surface area contributed by atoms with E-state index < -0.39 is 21.8 Å². The predicted octanol–water partition coefficient (Wildman–Crippen LogP) is 4.90. The van der Waals surface area contributed by atoms with Crippen molar-refractivity contribution in [2.45, 2.75) is 30.6 Å². The van der Waals surface area contributed by atoms with Crippen molar-refractivity contribution in [1.82, 2.24) is 14.5 Å². The summed E-state index contributed by atoms with van der Waals surface area (Å²) in [5.74, 6) is -0.179. The maximum absolute atomic E-state index is 13.2. The number of hydrogen-bond donors (Lipinski definition) is 1. The molecule has 1 atom stereocenters. The fraction of sp³-hybridized carbons (Fsp3) is 0.280. The Balaban J connectivity index is 0.00000353. The third-order valence-electron chi connectivity index (χ3n) is 6.52. The summed E-state index contributed by atoms with van der Waals surface area (Å²) in [6.07, 6.45) is -1.32. The molecular formula is C25H26F3N5O3S2. The first-order valence-electron chi connectivity index (χ1n) is 11.7. The van der Waals surface area contributed by atoms with E-state index in [1.165, 1.54) is 35.7 Å². The number of rotatable bonds is 6. The summed E-state index contributed by atoms with van der Waals surface area (Å²) in [7, 11) is -3.75. The number of fused-ring (bicyclic) bond motifs is 1. The quantitative estimate of drug-likeness (QED) is 0.359. The Hall–Kier alpha value is -3.58. The van der Waals surface area contributed by atoms with E-state index in [2.05, 4.69) is 14.6 Å². The molecule has 1 aliphatic rings. The van der Waals surface area contributed by atoms with Gasteiger partial charge < -0.3 is 14.4 Å². The van der Waals surface area contributed by atoms with Crippen LogP contribution in [0.1, 0.15) is 13.9 Å². The van der Waals surface area contributed by atoms with Crippen molar-refractivity contribution >= 4 is 49.0 Å². The third kappa shape index (κ3) is 5.34. The second-order valence-electron chi connectivity index (χ2n) is 9.03. The van der Waals surface area contributed by atoms with Crippen molar-refractivity contribution < 1.29 is 27.8 Å². The van der Waals surface area contributed by atoms with Crippen LogP contribution >= 0.6 is 11.3 Å². The van der Waals surface area contributed by atoms with Crippen LogP contribution in [0.2, 0.25) is 0 Å². The number of hydrogen-bond acceptors (Lipinski definition) is 6. The Morgan fingerprint density at radius 1 is 1.16 bits per heavy atom. The molecule has 0 radical (unpaired) electrons. The van der Waals surface area contributed by atoms with Gasteiger partial charge in [-0.05, 0) is 54.8 Å². The van der Waals surface area contributed by atoms with Gasteiger partial charge in [-0.3, -0.25) is 9.52 Å². The average Bonchev–Trinajstić information content (AvgIpc) is 3.53. The number of amides is 1. The van der Waals surface area contributed by atoms with Crippen molar-refractivity contribution in [3.05, 3.63) is 71.9 Å². The number of halogens is 3. The molecular weight excluding hydrogens is 539 g/mol. The number of benzene rings is 2. The van der Waals surface area contributed by atoms with Crippen LogP contribution in [0.25, 0.3) is 10.9 Å². The minimum Gasteiger partial charge on any atom is -0.368 e. The minimum absolute atomic E-state index is 0. The van der Waals surface area contributed by atoms with E-state index in [1.54, 1.807) is 39.2 Å². The Bertz CT molecular complexity index is 1560. The van der Waals surface area contributed by atoms with Crippen LogP contribution < -0.4 is 9.62 Å². The van der Waals surface area contributed by atoms with Gasteiger partial charge in [0.25, 0.3) is 10.0 Å². The van der Waals surface area contributed by atoms with Crippen molar-refractivity contribution in [3.63, 3.8) is 0 Å². The molecule has 1 fully saturated rings. The summed E-state index contributed by atoms with van der Waals surface area (Å²) in [6, 6.07) is 11.6. The van der Waals surface area contributed by atoms with Crippen molar-refractivity contribution in [2.24, 2.45) is 0 Å². The van der Waals surface area contributed by atoms with Gasteiger partial charge in [0.05, 0.1) is 10.5 Å². The van der Waals surface area contributed by atoms with Crippen LogP contribution in [0, 0.1) is 0 Å². The number of alkyl halides is 3. The van der Waals surface area contributed by atoms with Gasteiger partial charge in [0.2, 0.25) is 5.91 Å². The SMILES string of the molecule is CC1CN(c2ccc(S(=O)(=O)Nc3nccs3)cc2)CCN1C(=O)Cn1ccc2ccc(C(F)(F)F)cc21.[HH]. The van der Waals surface area contributed by atoms with Crippen molar-refractivity contribution in [1.29, 1.82) is 0 Å². The largest absolute Gasteiger partial charge is 0.416 e. The zero-order valence-electron chi connectivity index (χ0n) is 20.2. The molecule has 38 heavy (non-hydrogen) atoms. The van der Waals surface area contributed by atoms with E-state index >= 15 is 0 Å². The first-order valence-corrected chi connectivity index (χ1v) is 14.1. The zero-order valence-corrected chi connectivity index (χ0v) is 21.9. The topological polar surface area (TPSA) is 87.5 Å². The molecule has 2 aromatic heterocycles. The molecule has 8 nitrogen and oxygen atoms in total. The highest BCUT2D eigenvalue weighted by atomic mass is 32.2. The Morgan fingerprint density at radius 2 is 1.92 bits per heavy atom. The van der Waals surface area contributed by atoms with Crippen molar-refractivity contribution in [3.8, 4) is 0 Å². The molecule has 0 saturated carbocycles. The molecule has 1 N–H and O–H groups in total. The summed E-state index contributed by atoms with van der Waals surface area (Å²) in [4.78, 5) is 21.0. The maximum Gasteiger partial charge on any atom is 0.416 e. The lowest BCUT2D eigenvalue weighted by Crippen LogP contribution is -2.54. The highest BCUT2D eigenvalue weighted by molar-refractivity contribution is 7.93. The second-order valence-corrected chi connectivity index (χ2v) is 11.6. The Kier molecular flexibility index (Phi) is 6.82. The van der Waals surface area contributed by atoms with Crippen LogP contribution in [0.15, 0.2) is 71.2 Å². The fourth-order valence-electron chi connectivity index (χ4n) is 4.58. The molecule has 3 heterocycles. The van der Waals surface area contributed by atoms with Gasteiger partial charge in [-0.1, -0.05) is 6.07 Å². The van der Waals surface area contributed by atoms with E-state index in [0.717, 1.165) is 17.8 Å². The minimum atomic E-state index is -4.46. The van der Waals surface area contributed by atoms with Crippen LogP contribution in [0.4, 0.5) is 24.0 Å². The van der Waals surface area contributed by atoms with E-state index in [1.807, 2.05) is 6.92 Å². The number of anilines is 2. The molecule has 0 bridgehead atoms. The van der Waals surface area contributed by atoms with E-state index in [0.29, 0.717) is 30.5 Å². The normalized spacial score (nSPS) is 16.7. The van der Waals surface area contributed by atoms with Gasteiger partial charge in [0.15, 0.2) is 5.13 Å². The van der Waals surface area contributed by atoms with E-state index in [9.17, 15) is 26.4 Å². The molecule has 1 amide bonds. The first kappa shape index (κ1) is 26.0. The summed E-state index contributed by atoms with van der Waals surface area (Å²) < 4.78 is 68.6. The molecule has 1 unspecified atom stereocenters. The number of carbonyl (C=O) groups excluding carboxylic acids is 1. The van der Waals surface area contributed by atoms with Gasteiger partial charge in [-0.15, -0.1) is 11.3 Å². The van der Waals surface area contributed by atoms with Crippen LogP contribution in [-0.2, 0) is 27.5 Å². The van der Waals surface area contributed by atoms with E-state index in [4.69, 9.17) is 0 Å². The average molecular weight is 566 g/mol. The van der Waals surface area contributed by atoms with Gasteiger partial charge in [0, 0.05) is 56.1 Å². The number of piperazine rings is 1. The highest BCUT2D eigenvalue weighted by Crippen LogP contribution is 2.32. The van der Waals surface area contributed by atoms with Crippen LogP contribution in [-0.4, -0.2) is 54.5 Å². The summed E-state index contributed by atoms with van der Waals surface area (Å²) in [5.41, 5.74) is 0.434. The second kappa shape index (κ2) is 9.95. The molecule has 1 saturated heterocycles. The molecule has 0 spiro atoms. The van der Waals surface area contributed by atoms with Gasteiger partial charge in [0.1, 0.15) is 6.54 Å². The number of nitrogens with one attached hydrogen (secondary N) is 1. The molecule has 13 heteroatoms. The predicted molar refractivity (Wildman–Crippen MR) is 142 cm³/mol. The zero-order chi connectivity index (χ0) is 27.1. The molecule has 4 aromatic rings. The van der Waals surface area contributed by atoms with Gasteiger partial charge in [-0.25, -0.2) is 13.4 Å². The van der Waals surface area contributed by atoms with E-state index in [-0.39, 0.29) is 29.9 Å². The lowest BCUT2D eigenvalue weighted by molar-refractivity contribution is -0.137. The van der Waals surface area contributed by atoms with Crippen molar-refractivity contribution in [2.75, 3.05) is 29.3 Å². The van der Waals surface area contributed by atoms with Gasteiger partial charge >= 0.3 is 6.18 Å². The third-order valence-corrected chi connectivity index (χ3v) is 8.69.